The fraction of sp³-hybridized carbons (Fsp3) is 0.500. The third kappa shape index (κ3) is 3.45. The van der Waals surface area contributed by atoms with Gasteiger partial charge < -0.3 is 10.9 Å². The van der Waals surface area contributed by atoms with Crippen molar-refractivity contribution in [2.24, 2.45) is 10.9 Å². The molecule has 3 N–H and O–H groups in total. The average Bonchev–Trinajstić information content (AvgIpc) is 2.95. The predicted molar refractivity (Wildman–Crippen MR) is 72.4 cm³/mol. The number of rotatable bonds is 5. The van der Waals surface area contributed by atoms with E-state index in [1.807, 2.05) is 4.90 Å². The molecule has 0 unspecified atom stereocenters. The van der Waals surface area contributed by atoms with Gasteiger partial charge in [-0.1, -0.05) is 24.1 Å². The van der Waals surface area contributed by atoms with Crippen LogP contribution in [0.1, 0.15) is 31.2 Å². The minimum absolute atomic E-state index is 0.0325. The number of benzene rings is 1. The van der Waals surface area contributed by atoms with E-state index < -0.39 is 11.6 Å². The van der Waals surface area contributed by atoms with Gasteiger partial charge in [0.1, 0.15) is 11.6 Å². The van der Waals surface area contributed by atoms with Crippen molar-refractivity contribution in [3.05, 3.63) is 35.4 Å². The van der Waals surface area contributed by atoms with Gasteiger partial charge in [0.25, 0.3) is 0 Å². The molecule has 0 saturated heterocycles. The molecule has 1 aliphatic rings. The molecule has 0 aliphatic heterocycles. The van der Waals surface area contributed by atoms with Crippen molar-refractivity contribution in [3.63, 3.8) is 0 Å². The van der Waals surface area contributed by atoms with E-state index in [4.69, 9.17) is 10.9 Å². The molecule has 0 aromatic heterocycles. The maximum absolute atomic E-state index is 13.7. The molecule has 1 aliphatic carbocycles. The first-order chi connectivity index (χ1) is 9.61. The summed E-state index contributed by atoms with van der Waals surface area (Å²) in [7, 11) is 0. The zero-order chi connectivity index (χ0) is 14.5. The van der Waals surface area contributed by atoms with Gasteiger partial charge in [0.05, 0.1) is 6.54 Å². The van der Waals surface area contributed by atoms with Gasteiger partial charge in [0, 0.05) is 18.2 Å². The second kappa shape index (κ2) is 6.65. The minimum Gasteiger partial charge on any atom is -0.409 e. The summed E-state index contributed by atoms with van der Waals surface area (Å²) in [6.07, 6.45) is 4.12. The van der Waals surface area contributed by atoms with Gasteiger partial charge in [-0.05, 0) is 25.0 Å². The summed E-state index contributed by atoms with van der Waals surface area (Å²) in [5.74, 6) is -1.08. The lowest BCUT2D eigenvalue weighted by Gasteiger charge is -2.28. The molecular weight excluding hydrogens is 264 g/mol. The molecule has 1 aromatic carbocycles. The van der Waals surface area contributed by atoms with Crippen LogP contribution in [-0.2, 0) is 6.54 Å². The molecule has 1 saturated carbocycles. The number of nitrogens with two attached hydrogens (primary N) is 1. The molecule has 0 radical (unpaired) electrons. The smallest absolute Gasteiger partial charge is 0.153 e. The summed E-state index contributed by atoms with van der Waals surface area (Å²) in [6.45, 7) is 0.328. The Bertz CT molecular complexity index is 467. The van der Waals surface area contributed by atoms with Crippen molar-refractivity contribution in [2.75, 3.05) is 6.54 Å². The highest BCUT2D eigenvalue weighted by molar-refractivity contribution is 5.81. The average molecular weight is 283 g/mol. The Labute approximate surface area is 116 Å². The van der Waals surface area contributed by atoms with Gasteiger partial charge >= 0.3 is 0 Å². The topological polar surface area (TPSA) is 61.8 Å². The predicted octanol–water partition coefficient (Wildman–Crippen LogP) is 2.46. The number of nitrogens with zero attached hydrogens (tertiary/aromatic N) is 2. The van der Waals surface area contributed by atoms with Crippen LogP contribution in [0.15, 0.2) is 23.4 Å². The van der Waals surface area contributed by atoms with Gasteiger partial charge in [-0.2, -0.15) is 0 Å². The summed E-state index contributed by atoms with van der Waals surface area (Å²) < 4.78 is 27.5. The Kier molecular flexibility index (Phi) is 4.89. The van der Waals surface area contributed by atoms with Crippen molar-refractivity contribution < 1.29 is 14.0 Å². The quantitative estimate of drug-likeness (QED) is 0.378. The Morgan fingerprint density at radius 2 is 1.90 bits per heavy atom. The Morgan fingerprint density at radius 3 is 2.45 bits per heavy atom. The largest absolute Gasteiger partial charge is 0.409 e. The zero-order valence-corrected chi connectivity index (χ0v) is 11.2. The first-order valence-corrected chi connectivity index (χ1v) is 6.75. The van der Waals surface area contributed by atoms with Crippen LogP contribution in [0.25, 0.3) is 0 Å². The molecule has 6 heteroatoms. The van der Waals surface area contributed by atoms with Crippen LogP contribution in [-0.4, -0.2) is 28.5 Å². The maximum atomic E-state index is 13.7. The van der Waals surface area contributed by atoms with Crippen molar-refractivity contribution >= 4 is 5.84 Å². The molecule has 0 bridgehead atoms. The van der Waals surface area contributed by atoms with Gasteiger partial charge in [-0.3, -0.25) is 4.90 Å². The summed E-state index contributed by atoms with van der Waals surface area (Å²) in [5.41, 5.74) is 5.57. The lowest BCUT2D eigenvalue weighted by molar-refractivity contribution is 0.208. The number of amidine groups is 1. The first kappa shape index (κ1) is 14.7. The van der Waals surface area contributed by atoms with Crippen LogP contribution in [0.4, 0.5) is 8.78 Å². The first-order valence-electron chi connectivity index (χ1n) is 6.75. The van der Waals surface area contributed by atoms with Gasteiger partial charge in [-0.15, -0.1) is 0 Å². The fourth-order valence-electron chi connectivity index (χ4n) is 2.71. The molecule has 1 fully saturated rings. The summed E-state index contributed by atoms with van der Waals surface area (Å²) in [6, 6.07) is 4.05. The summed E-state index contributed by atoms with van der Waals surface area (Å²) in [4.78, 5) is 1.88. The van der Waals surface area contributed by atoms with E-state index in [-0.39, 0.29) is 30.5 Å². The van der Waals surface area contributed by atoms with Crippen molar-refractivity contribution in [3.8, 4) is 0 Å². The lowest BCUT2D eigenvalue weighted by atomic mass is 10.1. The Morgan fingerprint density at radius 1 is 1.30 bits per heavy atom. The number of hydrogen-bond donors (Lipinski definition) is 2. The third-order valence-electron chi connectivity index (χ3n) is 3.76. The van der Waals surface area contributed by atoms with Crippen LogP contribution in [0, 0.1) is 11.6 Å². The highest BCUT2D eigenvalue weighted by Crippen LogP contribution is 2.26. The minimum atomic E-state index is -0.562. The van der Waals surface area contributed by atoms with Crippen LogP contribution in [0.2, 0.25) is 0 Å². The van der Waals surface area contributed by atoms with Crippen molar-refractivity contribution in [1.82, 2.24) is 4.90 Å². The number of hydrogen-bond acceptors (Lipinski definition) is 3. The molecule has 20 heavy (non-hydrogen) atoms. The van der Waals surface area contributed by atoms with E-state index in [1.54, 1.807) is 0 Å². The summed E-state index contributed by atoms with van der Waals surface area (Å²) >= 11 is 0. The number of oxime groups is 1. The Balaban J connectivity index is 2.18. The van der Waals surface area contributed by atoms with Crippen LogP contribution >= 0.6 is 0 Å². The molecular formula is C14H19F2N3O. The summed E-state index contributed by atoms with van der Waals surface area (Å²) in [5, 5.41) is 11.6. The second-order valence-electron chi connectivity index (χ2n) is 5.13. The molecule has 4 nitrogen and oxygen atoms in total. The fourth-order valence-corrected chi connectivity index (χ4v) is 2.71. The van der Waals surface area contributed by atoms with E-state index in [1.165, 1.54) is 18.2 Å². The van der Waals surface area contributed by atoms with Gasteiger partial charge in [0.2, 0.25) is 0 Å². The normalized spacial score (nSPS) is 17.1. The SMILES string of the molecule is N/C(CN(Cc1c(F)cccc1F)C1CCCC1)=N/O. The molecule has 0 heterocycles. The highest BCUT2D eigenvalue weighted by atomic mass is 19.1. The zero-order valence-electron chi connectivity index (χ0n) is 11.2. The second-order valence-corrected chi connectivity index (χ2v) is 5.13. The molecule has 2 rings (SSSR count). The van der Waals surface area contributed by atoms with E-state index in [0.29, 0.717) is 0 Å². The van der Waals surface area contributed by atoms with Crippen LogP contribution in [0.3, 0.4) is 0 Å². The van der Waals surface area contributed by atoms with E-state index in [0.717, 1.165) is 25.7 Å². The number of halogens is 2. The van der Waals surface area contributed by atoms with Gasteiger partial charge in [0.15, 0.2) is 5.84 Å². The molecule has 1 aromatic rings. The molecule has 0 atom stereocenters. The van der Waals surface area contributed by atoms with E-state index in [2.05, 4.69) is 5.16 Å². The van der Waals surface area contributed by atoms with E-state index >= 15 is 0 Å². The van der Waals surface area contributed by atoms with Gasteiger partial charge in [-0.25, -0.2) is 8.78 Å². The van der Waals surface area contributed by atoms with Crippen molar-refractivity contribution in [1.29, 1.82) is 0 Å². The maximum Gasteiger partial charge on any atom is 0.153 e. The molecule has 0 amide bonds. The van der Waals surface area contributed by atoms with Crippen molar-refractivity contribution in [2.45, 2.75) is 38.3 Å². The molecule has 0 spiro atoms. The highest BCUT2D eigenvalue weighted by Gasteiger charge is 2.25. The van der Waals surface area contributed by atoms with Crippen LogP contribution < -0.4 is 5.73 Å². The van der Waals surface area contributed by atoms with E-state index in [9.17, 15) is 8.78 Å². The monoisotopic (exact) mass is 283 g/mol. The third-order valence-corrected chi connectivity index (χ3v) is 3.76. The standard InChI is InChI=1S/C14H19F2N3O/c15-12-6-3-7-13(16)11(12)8-19(9-14(17)18-20)10-4-1-2-5-10/h3,6-7,10,20H,1-2,4-5,8-9H2,(H2,17,18). The van der Waals surface area contributed by atoms with Crippen LogP contribution in [0.5, 0.6) is 0 Å². The molecule has 110 valence electrons. The lowest BCUT2D eigenvalue weighted by Crippen LogP contribution is -2.40. The Hall–Kier alpha value is -1.69.